The number of unbranched alkanes of at least 4 members (excludes halogenated alkanes) is 1. The zero-order valence-corrected chi connectivity index (χ0v) is 15.4. The van der Waals surface area contributed by atoms with Gasteiger partial charge in [0.1, 0.15) is 5.60 Å². The smallest absolute Gasteiger partial charge is 0.412 e. The molecule has 1 aromatic carbocycles. The lowest BCUT2D eigenvalue weighted by molar-refractivity contribution is -0.120. The molecule has 5 heteroatoms. The monoisotopic (exact) mass is 334 g/mol. The fraction of sp³-hybridized carbons (Fsp3) is 0.579. The van der Waals surface area contributed by atoms with E-state index in [-0.39, 0.29) is 11.8 Å². The molecule has 1 rings (SSSR count). The molecule has 1 aromatic rings. The number of benzene rings is 1. The van der Waals surface area contributed by atoms with Gasteiger partial charge in [0, 0.05) is 17.3 Å². The highest BCUT2D eigenvalue weighted by atomic mass is 16.6. The van der Waals surface area contributed by atoms with Gasteiger partial charge in [0.25, 0.3) is 0 Å². The van der Waals surface area contributed by atoms with Crippen molar-refractivity contribution in [1.82, 2.24) is 0 Å². The fourth-order valence-corrected chi connectivity index (χ4v) is 2.27. The fourth-order valence-electron chi connectivity index (χ4n) is 2.27. The molecule has 24 heavy (non-hydrogen) atoms. The average Bonchev–Trinajstić information content (AvgIpc) is 2.48. The van der Waals surface area contributed by atoms with Crippen LogP contribution in [-0.4, -0.2) is 17.6 Å². The molecular formula is C19H30N2O3. The number of carbonyl (C=O) groups is 2. The van der Waals surface area contributed by atoms with E-state index >= 15 is 0 Å². The van der Waals surface area contributed by atoms with E-state index in [2.05, 4.69) is 17.6 Å². The number of nitrogens with one attached hydrogen (secondary N) is 2. The summed E-state index contributed by atoms with van der Waals surface area (Å²) < 4.78 is 5.20. The van der Waals surface area contributed by atoms with Crippen LogP contribution in [0.2, 0.25) is 0 Å². The first kappa shape index (κ1) is 20.0. The van der Waals surface area contributed by atoms with E-state index in [1.807, 2.05) is 27.7 Å². The van der Waals surface area contributed by atoms with Crippen molar-refractivity contribution < 1.29 is 14.3 Å². The minimum atomic E-state index is -0.536. The Morgan fingerprint density at radius 2 is 1.58 bits per heavy atom. The summed E-state index contributed by atoms with van der Waals surface area (Å²) in [6.07, 6.45) is 3.41. The zero-order valence-electron chi connectivity index (χ0n) is 15.4. The molecule has 0 saturated heterocycles. The second-order valence-corrected chi connectivity index (χ2v) is 6.94. The molecule has 5 nitrogen and oxygen atoms in total. The predicted octanol–water partition coefficient (Wildman–Crippen LogP) is 5.19. The predicted molar refractivity (Wildman–Crippen MR) is 98.2 cm³/mol. The number of ether oxygens (including phenoxy) is 1. The van der Waals surface area contributed by atoms with Gasteiger partial charge < -0.3 is 10.1 Å². The third-order valence-electron chi connectivity index (χ3n) is 3.57. The average molecular weight is 334 g/mol. The molecule has 0 fully saturated rings. The van der Waals surface area contributed by atoms with Crippen LogP contribution >= 0.6 is 0 Å². The molecule has 0 heterocycles. The van der Waals surface area contributed by atoms with E-state index in [4.69, 9.17) is 4.74 Å². The Hall–Kier alpha value is -2.04. The Kier molecular flexibility index (Phi) is 7.75. The molecule has 0 spiro atoms. The van der Waals surface area contributed by atoms with Gasteiger partial charge in [-0.15, -0.1) is 0 Å². The number of carbonyl (C=O) groups excluding carboxylic acids is 2. The second-order valence-electron chi connectivity index (χ2n) is 6.94. The van der Waals surface area contributed by atoms with E-state index < -0.39 is 11.7 Å². The van der Waals surface area contributed by atoms with Crippen molar-refractivity contribution in [3.05, 3.63) is 24.3 Å². The standard InChI is InChI=1S/C19H30N2O3/c1-6-8-9-14(7-2)17(22)20-15-10-12-16(13-11-15)21-18(23)24-19(3,4)5/h10-14H,6-9H2,1-5H3,(H,20,22)(H,21,23). The van der Waals surface area contributed by atoms with Crippen LogP contribution in [0.25, 0.3) is 0 Å². The lowest BCUT2D eigenvalue weighted by atomic mass is 9.98. The van der Waals surface area contributed by atoms with Crippen molar-refractivity contribution in [2.75, 3.05) is 10.6 Å². The van der Waals surface area contributed by atoms with E-state index in [1.165, 1.54) is 0 Å². The molecule has 0 bridgehead atoms. The highest BCUT2D eigenvalue weighted by Gasteiger charge is 2.17. The molecule has 0 aliphatic rings. The van der Waals surface area contributed by atoms with Gasteiger partial charge in [0.05, 0.1) is 0 Å². The maximum absolute atomic E-state index is 12.3. The van der Waals surface area contributed by atoms with Crippen molar-refractivity contribution in [2.24, 2.45) is 5.92 Å². The van der Waals surface area contributed by atoms with Crippen molar-refractivity contribution in [1.29, 1.82) is 0 Å². The summed E-state index contributed by atoms with van der Waals surface area (Å²) in [5.41, 5.74) is 0.816. The summed E-state index contributed by atoms with van der Waals surface area (Å²) in [7, 11) is 0. The van der Waals surface area contributed by atoms with E-state index in [1.54, 1.807) is 24.3 Å². The third-order valence-corrected chi connectivity index (χ3v) is 3.57. The first-order chi connectivity index (χ1) is 11.2. The van der Waals surface area contributed by atoms with Crippen LogP contribution in [0.15, 0.2) is 24.3 Å². The van der Waals surface area contributed by atoms with Gasteiger partial charge in [0.2, 0.25) is 5.91 Å². The van der Waals surface area contributed by atoms with Crippen LogP contribution in [0.4, 0.5) is 16.2 Å². The summed E-state index contributed by atoms with van der Waals surface area (Å²) in [4.78, 5) is 24.0. The number of rotatable bonds is 7. The van der Waals surface area contributed by atoms with E-state index in [0.717, 1.165) is 31.4 Å². The molecule has 134 valence electrons. The van der Waals surface area contributed by atoms with Crippen LogP contribution in [0.5, 0.6) is 0 Å². The first-order valence-electron chi connectivity index (χ1n) is 8.66. The topological polar surface area (TPSA) is 67.4 Å². The Morgan fingerprint density at radius 1 is 1.04 bits per heavy atom. The third kappa shape index (κ3) is 7.49. The van der Waals surface area contributed by atoms with Gasteiger partial charge in [0.15, 0.2) is 0 Å². The van der Waals surface area contributed by atoms with Crippen molar-refractivity contribution in [3.63, 3.8) is 0 Å². The van der Waals surface area contributed by atoms with Gasteiger partial charge >= 0.3 is 6.09 Å². The van der Waals surface area contributed by atoms with Gasteiger partial charge in [-0.2, -0.15) is 0 Å². The summed E-state index contributed by atoms with van der Waals surface area (Å²) in [5, 5.41) is 5.60. The second kappa shape index (κ2) is 9.30. The molecule has 2 N–H and O–H groups in total. The van der Waals surface area contributed by atoms with Crippen LogP contribution in [0, 0.1) is 5.92 Å². The van der Waals surface area contributed by atoms with E-state index in [0.29, 0.717) is 5.69 Å². The molecule has 0 aliphatic heterocycles. The maximum atomic E-state index is 12.3. The van der Waals surface area contributed by atoms with Crippen LogP contribution < -0.4 is 10.6 Å². The van der Waals surface area contributed by atoms with Gasteiger partial charge in [-0.3, -0.25) is 10.1 Å². The Balaban J connectivity index is 2.58. The Morgan fingerprint density at radius 3 is 2.04 bits per heavy atom. The molecular weight excluding hydrogens is 304 g/mol. The number of hydrogen-bond acceptors (Lipinski definition) is 3. The summed E-state index contributed by atoms with van der Waals surface area (Å²) in [6.45, 7) is 9.60. The number of hydrogen-bond donors (Lipinski definition) is 2. The zero-order chi connectivity index (χ0) is 18.2. The Labute approximate surface area is 145 Å². The molecule has 0 saturated carbocycles. The molecule has 0 aromatic heterocycles. The molecule has 0 radical (unpaired) electrons. The van der Waals surface area contributed by atoms with Crippen molar-refractivity contribution >= 4 is 23.4 Å². The van der Waals surface area contributed by atoms with Gasteiger partial charge in [-0.25, -0.2) is 4.79 Å². The number of amides is 2. The first-order valence-corrected chi connectivity index (χ1v) is 8.66. The van der Waals surface area contributed by atoms with Gasteiger partial charge in [-0.1, -0.05) is 26.7 Å². The Bertz CT molecular complexity index is 533. The van der Waals surface area contributed by atoms with Crippen LogP contribution in [-0.2, 0) is 9.53 Å². The van der Waals surface area contributed by atoms with Gasteiger partial charge in [-0.05, 0) is 57.9 Å². The highest BCUT2D eigenvalue weighted by Crippen LogP contribution is 2.18. The lowest BCUT2D eigenvalue weighted by Crippen LogP contribution is -2.27. The van der Waals surface area contributed by atoms with Crippen molar-refractivity contribution in [2.45, 2.75) is 65.9 Å². The minimum Gasteiger partial charge on any atom is -0.444 e. The minimum absolute atomic E-state index is 0.0458. The molecule has 0 aliphatic carbocycles. The number of anilines is 2. The molecule has 1 atom stereocenters. The van der Waals surface area contributed by atoms with E-state index in [9.17, 15) is 9.59 Å². The summed E-state index contributed by atoms with van der Waals surface area (Å²) >= 11 is 0. The normalized spacial score (nSPS) is 12.4. The van der Waals surface area contributed by atoms with Crippen LogP contribution in [0.3, 0.4) is 0 Å². The SMILES string of the molecule is CCCCC(CC)C(=O)Nc1ccc(NC(=O)OC(C)(C)C)cc1. The summed E-state index contributed by atoms with van der Waals surface area (Å²) in [6, 6.07) is 7.04. The van der Waals surface area contributed by atoms with Crippen molar-refractivity contribution in [3.8, 4) is 0 Å². The highest BCUT2D eigenvalue weighted by molar-refractivity contribution is 5.93. The largest absolute Gasteiger partial charge is 0.444 e. The molecule has 1 unspecified atom stereocenters. The van der Waals surface area contributed by atoms with Crippen LogP contribution in [0.1, 0.15) is 60.3 Å². The quantitative estimate of drug-likeness (QED) is 0.721. The lowest BCUT2D eigenvalue weighted by Gasteiger charge is -2.19. The summed E-state index contributed by atoms with van der Waals surface area (Å²) in [5.74, 6) is 0.100. The molecule has 2 amide bonds. The maximum Gasteiger partial charge on any atom is 0.412 e.